The van der Waals surface area contributed by atoms with Gasteiger partial charge in [-0.1, -0.05) is 24.4 Å². The van der Waals surface area contributed by atoms with Crippen molar-refractivity contribution in [1.82, 2.24) is 4.90 Å². The van der Waals surface area contributed by atoms with Crippen LogP contribution in [0.25, 0.3) is 0 Å². The molecular weight excluding hydrogens is 300 g/mol. The lowest BCUT2D eigenvalue weighted by molar-refractivity contribution is -0.142. The summed E-state index contributed by atoms with van der Waals surface area (Å²) in [5.74, 6) is -0.162. The van der Waals surface area contributed by atoms with Crippen LogP contribution < -0.4 is 5.32 Å². The van der Waals surface area contributed by atoms with E-state index < -0.39 is 5.41 Å². The Morgan fingerprint density at radius 3 is 2.14 bits per heavy atom. The molecule has 1 saturated carbocycles. The second kappa shape index (κ2) is 6.29. The van der Waals surface area contributed by atoms with Crippen molar-refractivity contribution in [2.75, 3.05) is 18.4 Å². The number of amides is 2. The molecule has 1 aliphatic carbocycles. The second-order valence-corrected chi connectivity index (χ2v) is 6.69. The molecule has 1 N–H and O–H groups in total. The van der Waals surface area contributed by atoms with Crippen molar-refractivity contribution in [3.05, 3.63) is 29.3 Å². The van der Waals surface area contributed by atoms with E-state index in [-0.39, 0.29) is 11.8 Å². The zero-order valence-corrected chi connectivity index (χ0v) is 13.4. The van der Waals surface area contributed by atoms with Crippen LogP contribution in [0.1, 0.15) is 38.5 Å². The Hall–Kier alpha value is -1.55. The summed E-state index contributed by atoms with van der Waals surface area (Å²) in [6.45, 7) is 1.57. The van der Waals surface area contributed by atoms with E-state index in [0.29, 0.717) is 23.6 Å². The van der Waals surface area contributed by atoms with Gasteiger partial charge >= 0.3 is 0 Å². The van der Waals surface area contributed by atoms with E-state index in [1.807, 2.05) is 4.90 Å². The number of carbonyl (C=O) groups excluding carboxylic acids is 2. The molecule has 1 aromatic rings. The maximum absolute atomic E-state index is 12.8. The largest absolute Gasteiger partial charge is 0.342 e. The molecule has 0 aromatic heterocycles. The summed E-state index contributed by atoms with van der Waals surface area (Å²) in [6, 6.07) is 6.97. The van der Waals surface area contributed by atoms with Gasteiger partial charge in [-0.3, -0.25) is 9.59 Å². The lowest BCUT2D eigenvalue weighted by Crippen LogP contribution is -2.43. The van der Waals surface area contributed by atoms with Crippen molar-refractivity contribution < 1.29 is 9.59 Å². The summed E-state index contributed by atoms with van der Waals surface area (Å²) in [7, 11) is 0. The minimum absolute atomic E-state index is 0.0147. The maximum Gasteiger partial charge on any atom is 0.240 e. The van der Waals surface area contributed by atoms with Gasteiger partial charge in [-0.15, -0.1) is 0 Å². The number of halogens is 1. The Morgan fingerprint density at radius 2 is 1.59 bits per heavy atom. The van der Waals surface area contributed by atoms with Gasteiger partial charge < -0.3 is 10.2 Å². The minimum atomic E-state index is -0.829. The Bertz CT molecular complexity index is 559. The van der Waals surface area contributed by atoms with Crippen LogP contribution in [-0.4, -0.2) is 29.8 Å². The number of benzene rings is 1. The van der Waals surface area contributed by atoms with Crippen molar-refractivity contribution in [3.63, 3.8) is 0 Å². The van der Waals surface area contributed by atoms with Crippen LogP contribution in [0.5, 0.6) is 0 Å². The molecule has 0 bridgehead atoms. The Balaban J connectivity index is 1.68. The molecule has 2 fully saturated rings. The third-order valence-electron chi connectivity index (χ3n) is 4.59. The van der Waals surface area contributed by atoms with Gasteiger partial charge in [0.05, 0.1) is 0 Å². The number of rotatable bonds is 3. The first-order chi connectivity index (χ1) is 10.6. The Kier molecular flexibility index (Phi) is 4.39. The highest BCUT2D eigenvalue weighted by molar-refractivity contribution is 6.30. The number of nitrogens with zero attached hydrogens (tertiary/aromatic N) is 1. The van der Waals surface area contributed by atoms with Crippen molar-refractivity contribution in [3.8, 4) is 0 Å². The Morgan fingerprint density at radius 1 is 1.00 bits per heavy atom. The summed E-state index contributed by atoms with van der Waals surface area (Å²) >= 11 is 5.84. The first kappa shape index (κ1) is 15.3. The van der Waals surface area contributed by atoms with Crippen molar-refractivity contribution in [1.29, 1.82) is 0 Å². The van der Waals surface area contributed by atoms with E-state index in [1.54, 1.807) is 24.3 Å². The van der Waals surface area contributed by atoms with Gasteiger partial charge in [-0.2, -0.15) is 0 Å². The van der Waals surface area contributed by atoms with Crippen LogP contribution in [0.4, 0.5) is 5.69 Å². The van der Waals surface area contributed by atoms with Gasteiger partial charge in [-0.05, 0) is 49.9 Å². The minimum Gasteiger partial charge on any atom is -0.342 e. The van der Waals surface area contributed by atoms with Crippen molar-refractivity contribution >= 4 is 29.1 Å². The smallest absolute Gasteiger partial charge is 0.240 e. The van der Waals surface area contributed by atoms with Gasteiger partial charge in [-0.25, -0.2) is 0 Å². The van der Waals surface area contributed by atoms with Gasteiger partial charge in [0.15, 0.2) is 0 Å². The fourth-order valence-electron chi connectivity index (χ4n) is 3.02. The lowest BCUT2D eigenvalue weighted by atomic mass is 10.0. The molecule has 0 radical (unpaired) electrons. The van der Waals surface area contributed by atoms with Gasteiger partial charge in [0, 0.05) is 23.8 Å². The maximum atomic E-state index is 12.8. The second-order valence-electron chi connectivity index (χ2n) is 6.25. The quantitative estimate of drug-likeness (QED) is 0.867. The van der Waals surface area contributed by atoms with Crippen LogP contribution in [0.3, 0.4) is 0 Å². The molecular formula is C17H21ClN2O2. The SMILES string of the molecule is O=C(Nc1ccc(Cl)cc1)C1(C(=O)N2CCCCCC2)CC1. The van der Waals surface area contributed by atoms with Crippen LogP contribution in [0, 0.1) is 5.41 Å². The summed E-state index contributed by atoms with van der Waals surface area (Å²) in [4.78, 5) is 27.2. The number of carbonyl (C=O) groups is 2. The number of anilines is 1. The highest BCUT2D eigenvalue weighted by Gasteiger charge is 2.57. The number of hydrogen-bond donors (Lipinski definition) is 1. The number of likely N-dealkylation sites (tertiary alicyclic amines) is 1. The van der Waals surface area contributed by atoms with Gasteiger partial charge in [0.1, 0.15) is 5.41 Å². The topological polar surface area (TPSA) is 49.4 Å². The number of nitrogens with one attached hydrogen (secondary N) is 1. The fraction of sp³-hybridized carbons (Fsp3) is 0.529. The molecule has 3 rings (SSSR count). The van der Waals surface area contributed by atoms with E-state index in [4.69, 9.17) is 11.6 Å². The lowest BCUT2D eigenvalue weighted by Gasteiger charge is -2.25. The van der Waals surface area contributed by atoms with E-state index in [2.05, 4.69) is 5.32 Å². The summed E-state index contributed by atoms with van der Waals surface area (Å²) < 4.78 is 0. The first-order valence-electron chi connectivity index (χ1n) is 7.98. The standard InChI is InChI=1S/C17H21ClN2O2/c18-13-5-7-14(8-6-13)19-15(21)17(9-10-17)16(22)20-11-3-1-2-4-12-20/h5-8H,1-4,9-12H2,(H,19,21). The zero-order valence-electron chi connectivity index (χ0n) is 12.6. The average Bonchev–Trinajstić information content (AvgIpc) is 3.34. The summed E-state index contributed by atoms with van der Waals surface area (Å²) in [5, 5.41) is 3.49. The molecule has 2 aliphatic rings. The monoisotopic (exact) mass is 320 g/mol. The predicted molar refractivity (Wildman–Crippen MR) is 86.8 cm³/mol. The van der Waals surface area contributed by atoms with E-state index in [0.717, 1.165) is 25.9 Å². The fourth-order valence-corrected chi connectivity index (χ4v) is 3.15. The van der Waals surface area contributed by atoms with Crippen molar-refractivity contribution in [2.24, 2.45) is 5.41 Å². The van der Waals surface area contributed by atoms with E-state index in [9.17, 15) is 9.59 Å². The van der Waals surface area contributed by atoms with E-state index >= 15 is 0 Å². The summed E-state index contributed by atoms with van der Waals surface area (Å²) in [5.41, 5.74) is -0.145. The summed E-state index contributed by atoms with van der Waals surface area (Å²) in [6.07, 6.45) is 5.74. The number of hydrogen-bond acceptors (Lipinski definition) is 2. The highest BCUT2D eigenvalue weighted by atomic mass is 35.5. The third kappa shape index (κ3) is 3.12. The zero-order chi connectivity index (χ0) is 15.6. The highest BCUT2D eigenvalue weighted by Crippen LogP contribution is 2.48. The van der Waals surface area contributed by atoms with Crippen LogP contribution in [0.15, 0.2) is 24.3 Å². The first-order valence-corrected chi connectivity index (χ1v) is 8.36. The Labute approximate surface area is 135 Å². The molecule has 1 aromatic carbocycles. The van der Waals surface area contributed by atoms with Crippen LogP contribution in [0.2, 0.25) is 5.02 Å². The van der Waals surface area contributed by atoms with Crippen LogP contribution in [-0.2, 0) is 9.59 Å². The molecule has 1 aliphatic heterocycles. The molecule has 2 amide bonds. The predicted octanol–water partition coefficient (Wildman–Crippen LogP) is 3.46. The average molecular weight is 321 g/mol. The molecule has 118 valence electrons. The van der Waals surface area contributed by atoms with Crippen LogP contribution >= 0.6 is 11.6 Å². The van der Waals surface area contributed by atoms with Crippen molar-refractivity contribution in [2.45, 2.75) is 38.5 Å². The molecule has 0 spiro atoms. The molecule has 1 saturated heterocycles. The molecule has 0 atom stereocenters. The molecule has 22 heavy (non-hydrogen) atoms. The van der Waals surface area contributed by atoms with E-state index in [1.165, 1.54) is 12.8 Å². The molecule has 1 heterocycles. The molecule has 0 unspecified atom stereocenters. The van der Waals surface area contributed by atoms with Gasteiger partial charge in [0.25, 0.3) is 0 Å². The van der Waals surface area contributed by atoms with Gasteiger partial charge in [0.2, 0.25) is 11.8 Å². The third-order valence-corrected chi connectivity index (χ3v) is 4.84. The normalized spacial score (nSPS) is 20.1. The molecule has 4 nitrogen and oxygen atoms in total. The molecule has 5 heteroatoms.